The van der Waals surface area contributed by atoms with E-state index in [1.54, 1.807) is 0 Å². The van der Waals surface area contributed by atoms with Crippen LogP contribution in [0.3, 0.4) is 0 Å². The van der Waals surface area contributed by atoms with Gasteiger partial charge in [-0.25, -0.2) is 0 Å². The number of hydrogen-bond donors (Lipinski definition) is 1. The van der Waals surface area contributed by atoms with Crippen LogP contribution in [0.25, 0.3) is 0 Å². The molecule has 1 saturated carbocycles. The molecule has 0 heterocycles. The molecule has 1 rings (SSSR count). The van der Waals surface area contributed by atoms with Gasteiger partial charge in [0.1, 0.15) is 0 Å². The quantitative estimate of drug-likeness (QED) is 0.606. The fraction of sp³-hybridized carbons (Fsp3) is 0.857. The van der Waals surface area contributed by atoms with Crippen LogP contribution < -0.4 is 5.32 Å². The minimum Gasteiger partial charge on any atom is -0.302 e. The molecule has 1 atom stereocenters. The normalized spacial score (nSPS) is 20.9. The van der Waals surface area contributed by atoms with Gasteiger partial charge in [0.15, 0.2) is 0 Å². The van der Waals surface area contributed by atoms with E-state index in [1.807, 2.05) is 6.92 Å². The van der Waals surface area contributed by atoms with Gasteiger partial charge in [-0.1, -0.05) is 6.92 Å². The largest absolute Gasteiger partial charge is 0.302 e. The minimum absolute atomic E-state index is 0.134. The van der Waals surface area contributed by atoms with E-state index in [2.05, 4.69) is 11.4 Å². The van der Waals surface area contributed by atoms with Crippen molar-refractivity contribution in [3.05, 3.63) is 0 Å². The van der Waals surface area contributed by atoms with E-state index in [9.17, 15) is 0 Å². The van der Waals surface area contributed by atoms with E-state index in [-0.39, 0.29) is 6.04 Å². The second kappa shape index (κ2) is 2.84. The summed E-state index contributed by atoms with van der Waals surface area (Å²) >= 11 is 0. The zero-order valence-electron chi connectivity index (χ0n) is 5.72. The first-order chi connectivity index (χ1) is 4.38. The average Bonchev–Trinajstić information content (AvgIpc) is 2.64. The summed E-state index contributed by atoms with van der Waals surface area (Å²) in [6.07, 6.45) is 2.48. The third-order valence-electron chi connectivity index (χ3n) is 1.66. The number of hydrogen-bond acceptors (Lipinski definition) is 2. The Balaban J connectivity index is 2.23. The zero-order chi connectivity index (χ0) is 6.69. The van der Waals surface area contributed by atoms with Crippen molar-refractivity contribution >= 4 is 0 Å². The lowest BCUT2D eigenvalue weighted by molar-refractivity contribution is 0.567. The molecule has 0 amide bonds. The maximum Gasteiger partial charge on any atom is 0.0981 e. The molecule has 0 bridgehead atoms. The van der Waals surface area contributed by atoms with E-state index < -0.39 is 0 Å². The molecule has 50 valence electrons. The highest BCUT2D eigenvalue weighted by Gasteiger charge is 2.30. The van der Waals surface area contributed by atoms with E-state index in [0.717, 1.165) is 6.54 Å². The van der Waals surface area contributed by atoms with Crippen LogP contribution in [0.2, 0.25) is 0 Å². The van der Waals surface area contributed by atoms with Crippen LogP contribution in [-0.4, -0.2) is 12.6 Å². The van der Waals surface area contributed by atoms with Crippen molar-refractivity contribution in [3.63, 3.8) is 0 Å². The first kappa shape index (κ1) is 6.57. The van der Waals surface area contributed by atoms with E-state index in [4.69, 9.17) is 5.26 Å². The molecule has 0 spiro atoms. The van der Waals surface area contributed by atoms with E-state index in [0.29, 0.717) is 5.92 Å². The van der Waals surface area contributed by atoms with Crippen molar-refractivity contribution in [3.8, 4) is 6.07 Å². The Morgan fingerprint density at radius 1 is 1.78 bits per heavy atom. The van der Waals surface area contributed by atoms with Gasteiger partial charge in [0, 0.05) is 0 Å². The SMILES string of the molecule is CCNC(C#N)C1CC1. The molecule has 0 aromatic heterocycles. The second-order valence-electron chi connectivity index (χ2n) is 2.50. The molecule has 1 fully saturated rings. The lowest BCUT2D eigenvalue weighted by Crippen LogP contribution is -2.28. The highest BCUT2D eigenvalue weighted by Crippen LogP contribution is 2.32. The van der Waals surface area contributed by atoms with Crippen LogP contribution in [0.5, 0.6) is 0 Å². The van der Waals surface area contributed by atoms with Gasteiger partial charge in [-0.3, -0.25) is 0 Å². The Morgan fingerprint density at radius 2 is 2.44 bits per heavy atom. The molecule has 0 saturated heterocycles. The fourth-order valence-electron chi connectivity index (χ4n) is 0.967. The number of rotatable bonds is 3. The third kappa shape index (κ3) is 1.69. The molecule has 0 radical (unpaired) electrons. The van der Waals surface area contributed by atoms with Crippen LogP contribution in [0.4, 0.5) is 0 Å². The van der Waals surface area contributed by atoms with Crippen molar-refractivity contribution in [1.29, 1.82) is 5.26 Å². The van der Waals surface area contributed by atoms with Gasteiger partial charge in [-0.15, -0.1) is 0 Å². The maximum absolute atomic E-state index is 8.56. The van der Waals surface area contributed by atoms with Crippen LogP contribution >= 0.6 is 0 Å². The summed E-state index contributed by atoms with van der Waals surface area (Å²) in [5.41, 5.74) is 0. The summed E-state index contributed by atoms with van der Waals surface area (Å²) in [7, 11) is 0. The second-order valence-corrected chi connectivity index (χ2v) is 2.50. The average molecular weight is 124 g/mol. The predicted molar refractivity (Wildman–Crippen MR) is 35.8 cm³/mol. The summed E-state index contributed by atoms with van der Waals surface area (Å²) in [4.78, 5) is 0. The highest BCUT2D eigenvalue weighted by molar-refractivity contribution is 5.00. The van der Waals surface area contributed by atoms with Gasteiger partial charge in [-0.2, -0.15) is 5.26 Å². The lowest BCUT2D eigenvalue weighted by Gasteiger charge is -2.05. The van der Waals surface area contributed by atoms with Gasteiger partial charge < -0.3 is 5.32 Å². The number of nitriles is 1. The molecule has 0 aliphatic heterocycles. The Hall–Kier alpha value is -0.550. The predicted octanol–water partition coefficient (Wildman–Crippen LogP) is 0.898. The summed E-state index contributed by atoms with van der Waals surface area (Å²) in [5.74, 6) is 0.662. The molecular weight excluding hydrogens is 112 g/mol. The van der Waals surface area contributed by atoms with Crippen molar-refractivity contribution in [1.82, 2.24) is 5.32 Å². The van der Waals surface area contributed by atoms with Crippen molar-refractivity contribution < 1.29 is 0 Å². The Kier molecular flexibility index (Phi) is 2.07. The monoisotopic (exact) mass is 124 g/mol. The summed E-state index contributed by atoms with van der Waals surface area (Å²) in [6.45, 7) is 2.95. The van der Waals surface area contributed by atoms with Crippen molar-refractivity contribution in [2.45, 2.75) is 25.8 Å². The summed E-state index contributed by atoms with van der Waals surface area (Å²) < 4.78 is 0. The molecule has 0 aromatic carbocycles. The molecule has 2 heteroatoms. The molecule has 1 N–H and O–H groups in total. The summed E-state index contributed by atoms with van der Waals surface area (Å²) in [6, 6.07) is 2.39. The van der Waals surface area contributed by atoms with Gasteiger partial charge >= 0.3 is 0 Å². The Morgan fingerprint density at radius 3 is 2.78 bits per heavy atom. The van der Waals surface area contributed by atoms with Crippen LogP contribution in [0.15, 0.2) is 0 Å². The van der Waals surface area contributed by atoms with Gasteiger partial charge in [-0.05, 0) is 25.3 Å². The van der Waals surface area contributed by atoms with Gasteiger partial charge in [0.05, 0.1) is 12.1 Å². The zero-order valence-corrected chi connectivity index (χ0v) is 5.72. The first-order valence-corrected chi connectivity index (χ1v) is 3.51. The summed E-state index contributed by atoms with van der Waals surface area (Å²) in [5, 5.41) is 11.7. The molecule has 0 aromatic rings. The van der Waals surface area contributed by atoms with Crippen molar-refractivity contribution in [2.75, 3.05) is 6.54 Å². The topological polar surface area (TPSA) is 35.8 Å². The molecule has 9 heavy (non-hydrogen) atoms. The Bertz CT molecular complexity index is 121. The standard InChI is InChI=1S/C7H12N2/c1-2-9-7(5-8)6-3-4-6/h6-7,9H,2-4H2,1H3. The molecule has 1 aliphatic rings. The van der Waals surface area contributed by atoms with Crippen LogP contribution in [-0.2, 0) is 0 Å². The molecule has 2 nitrogen and oxygen atoms in total. The minimum atomic E-state index is 0.134. The van der Waals surface area contributed by atoms with Crippen molar-refractivity contribution in [2.24, 2.45) is 5.92 Å². The van der Waals surface area contributed by atoms with Crippen LogP contribution in [0, 0.1) is 17.2 Å². The van der Waals surface area contributed by atoms with E-state index >= 15 is 0 Å². The smallest absolute Gasteiger partial charge is 0.0981 e. The first-order valence-electron chi connectivity index (χ1n) is 3.51. The highest BCUT2D eigenvalue weighted by atomic mass is 14.9. The van der Waals surface area contributed by atoms with Crippen LogP contribution in [0.1, 0.15) is 19.8 Å². The fourth-order valence-corrected chi connectivity index (χ4v) is 0.967. The third-order valence-corrected chi connectivity index (χ3v) is 1.66. The lowest BCUT2D eigenvalue weighted by atomic mass is 10.2. The molecule has 1 aliphatic carbocycles. The molecular formula is C7H12N2. The van der Waals surface area contributed by atoms with Gasteiger partial charge in [0.25, 0.3) is 0 Å². The Labute approximate surface area is 55.9 Å². The molecule has 1 unspecified atom stereocenters. The number of nitrogens with one attached hydrogen (secondary N) is 1. The number of nitrogens with zero attached hydrogens (tertiary/aromatic N) is 1. The van der Waals surface area contributed by atoms with Gasteiger partial charge in [0.2, 0.25) is 0 Å². The van der Waals surface area contributed by atoms with E-state index in [1.165, 1.54) is 12.8 Å². The maximum atomic E-state index is 8.56.